The highest BCUT2D eigenvalue weighted by Crippen LogP contribution is 1.96. The van der Waals surface area contributed by atoms with Crippen LogP contribution in [0.5, 0.6) is 0 Å². The van der Waals surface area contributed by atoms with Gasteiger partial charge in [-0.1, -0.05) is 0 Å². The minimum atomic E-state index is -0.151. The van der Waals surface area contributed by atoms with E-state index in [1.54, 1.807) is 0 Å². The third kappa shape index (κ3) is 7.50. The molecule has 4 nitrogen and oxygen atoms in total. The van der Waals surface area contributed by atoms with E-state index in [1.807, 2.05) is 20.8 Å². The van der Waals surface area contributed by atoms with E-state index in [-0.39, 0.29) is 11.4 Å². The zero-order valence-corrected chi connectivity index (χ0v) is 8.11. The molecule has 0 heterocycles. The molecule has 0 aliphatic rings. The lowest BCUT2D eigenvalue weighted by Gasteiger charge is -2.20. The van der Waals surface area contributed by atoms with Crippen LogP contribution in [0.15, 0.2) is 0 Å². The monoisotopic (exact) mass is 173 g/mol. The Morgan fingerprint density at radius 1 is 1.42 bits per heavy atom. The van der Waals surface area contributed by atoms with Crippen molar-refractivity contribution in [1.82, 2.24) is 10.6 Å². The quantitative estimate of drug-likeness (QED) is 0.500. The van der Waals surface area contributed by atoms with Crippen molar-refractivity contribution in [3.05, 3.63) is 0 Å². The van der Waals surface area contributed by atoms with Crippen LogP contribution in [-0.2, 0) is 4.79 Å². The Morgan fingerprint density at radius 3 is 2.42 bits per heavy atom. The van der Waals surface area contributed by atoms with Gasteiger partial charge in [-0.25, -0.2) is 0 Å². The van der Waals surface area contributed by atoms with E-state index in [0.717, 1.165) is 0 Å². The fraction of sp³-hybridized carbons (Fsp3) is 0.875. The molecule has 0 aromatic heterocycles. The number of nitrogens with one attached hydrogen (secondary N) is 2. The molecule has 0 radical (unpaired) electrons. The minimum Gasteiger partial charge on any atom is -0.350 e. The summed E-state index contributed by atoms with van der Waals surface area (Å²) in [7, 11) is 0. The predicted molar refractivity (Wildman–Crippen MR) is 49.8 cm³/mol. The number of rotatable bonds is 4. The van der Waals surface area contributed by atoms with Crippen LogP contribution in [0.2, 0.25) is 0 Å². The number of hydrogen-bond donors (Lipinski definition) is 3. The smallest absolute Gasteiger partial charge is 0.234 e. The topological polar surface area (TPSA) is 67.2 Å². The van der Waals surface area contributed by atoms with Crippen LogP contribution < -0.4 is 16.4 Å². The summed E-state index contributed by atoms with van der Waals surface area (Å²) in [6, 6.07) is 0. The van der Waals surface area contributed by atoms with Crippen LogP contribution in [0.1, 0.15) is 20.8 Å². The second kappa shape index (κ2) is 5.11. The average molecular weight is 173 g/mol. The zero-order chi connectivity index (χ0) is 9.61. The van der Waals surface area contributed by atoms with Gasteiger partial charge < -0.3 is 16.4 Å². The first kappa shape index (κ1) is 11.4. The predicted octanol–water partition coefficient (Wildman–Crippen LogP) is -0.551. The van der Waals surface area contributed by atoms with Crippen LogP contribution in [0.3, 0.4) is 0 Å². The third-order valence-corrected chi connectivity index (χ3v) is 1.12. The van der Waals surface area contributed by atoms with Crippen LogP contribution in [0, 0.1) is 0 Å². The normalized spacial score (nSPS) is 11.3. The molecule has 4 heteroatoms. The number of carbonyl (C=O) groups excluding carboxylic acids is 1. The van der Waals surface area contributed by atoms with Crippen LogP contribution in [0.25, 0.3) is 0 Å². The molecule has 12 heavy (non-hydrogen) atoms. The summed E-state index contributed by atoms with van der Waals surface area (Å²) in [6.07, 6.45) is 0. The van der Waals surface area contributed by atoms with Gasteiger partial charge in [0.05, 0.1) is 6.54 Å². The lowest BCUT2D eigenvalue weighted by Crippen LogP contribution is -2.45. The SMILES string of the molecule is CC(C)(C)NC(=O)CNCCN. The summed E-state index contributed by atoms with van der Waals surface area (Å²) in [5.74, 6) is 0.0101. The molecule has 0 aliphatic heterocycles. The molecule has 0 aliphatic carbocycles. The molecule has 0 aromatic carbocycles. The lowest BCUT2D eigenvalue weighted by molar-refractivity contribution is -0.121. The van der Waals surface area contributed by atoms with Gasteiger partial charge in [0.25, 0.3) is 0 Å². The molecule has 1 amide bonds. The van der Waals surface area contributed by atoms with Crippen molar-refractivity contribution in [3.8, 4) is 0 Å². The van der Waals surface area contributed by atoms with Gasteiger partial charge >= 0.3 is 0 Å². The molecule has 0 spiro atoms. The first-order valence-electron chi connectivity index (χ1n) is 4.17. The van der Waals surface area contributed by atoms with Crippen molar-refractivity contribution >= 4 is 5.91 Å². The molecule has 0 saturated carbocycles. The third-order valence-electron chi connectivity index (χ3n) is 1.12. The standard InChI is InChI=1S/C8H19N3O/c1-8(2,3)11-7(12)6-10-5-4-9/h10H,4-6,9H2,1-3H3,(H,11,12). The Balaban J connectivity index is 3.47. The van der Waals surface area contributed by atoms with Gasteiger partial charge in [-0.2, -0.15) is 0 Å². The van der Waals surface area contributed by atoms with Gasteiger partial charge in [0.2, 0.25) is 5.91 Å². The number of carbonyl (C=O) groups is 1. The van der Waals surface area contributed by atoms with Gasteiger partial charge in [0, 0.05) is 18.6 Å². The zero-order valence-electron chi connectivity index (χ0n) is 8.11. The van der Waals surface area contributed by atoms with E-state index < -0.39 is 0 Å². The molecule has 72 valence electrons. The molecule has 0 saturated heterocycles. The molecular weight excluding hydrogens is 154 g/mol. The molecule has 0 unspecified atom stereocenters. The Hall–Kier alpha value is -0.610. The van der Waals surface area contributed by atoms with Crippen molar-refractivity contribution in [3.63, 3.8) is 0 Å². The number of nitrogens with two attached hydrogens (primary N) is 1. The maximum Gasteiger partial charge on any atom is 0.234 e. The fourth-order valence-electron chi connectivity index (χ4n) is 0.766. The maximum atomic E-state index is 11.1. The Labute approximate surface area is 73.9 Å². The van der Waals surface area contributed by atoms with E-state index in [4.69, 9.17) is 5.73 Å². The second-order valence-corrected chi connectivity index (χ2v) is 3.76. The molecular formula is C8H19N3O. The van der Waals surface area contributed by atoms with Crippen LogP contribution in [0.4, 0.5) is 0 Å². The molecule has 0 fully saturated rings. The van der Waals surface area contributed by atoms with Gasteiger partial charge in [-0.15, -0.1) is 0 Å². The number of amides is 1. The molecule has 0 rings (SSSR count). The van der Waals surface area contributed by atoms with Crippen molar-refractivity contribution in [2.75, 3.05) is 19.6 Å². The van der Waals surface area contributed by atoms with Gasteiger partial charge in [-0.05, 0) is 20.8 Å². The molecule has 0 bridgehead atoms. The molecule has 0 aromatic rings. The summed E-state index contributed by atoms with van der Waals surface area (Å²) in [6.45, 7) is 7.43. The highest BCUT2D eigenvalue weighted by atomic mass is 16.2. The van der Waals surface area contributed by atoms with Crippen LogP contribution in [-0.4, -0.2) is 31.1 Å². The van der Waals surface area contributed by atoms with Crippen molar-refractivity contribution in [2.45, 2.75) is 26.3 Å². The minimum absolute atomic E-state index is 0.0101. The highest BCUT2D eigenvalue weighted by molar-refractivity contribution is 5.78. The van der Waals surface area contributed by atoms with Crippen LogP contribution >= 0.6 is 0 Å². The summed E-state index contributed by atoms with van der Waals surface area (Å²) in [5.41, 5.74) is 5.10. The van der Waals surface area contributed by atoms with E-state index in [1.165, 1.54) is 0 Å². The lowest BCUT2D eigenvalue weighted by atomic mass is 10.1. The summed E-state index contributed by atoms with van der Waals surface area (Å²) in [5, 5.41) is 5.76. The van der Waals surface area contributed by atoms with Crippen molar-refractivity contribution < 1.29 is 4.79 Å². The summed E-state index contributed by atoms with van der Waals surface area (Å²) in [4.78, 5) is 11.1. The fourth-order valence-corrected chi connectivity index (χ4v) is 0.766. The summed E-state index contributed by atoms with van der Waals surface area (Å²) < 4.78 is 0. The van der Waals surface area contributed by atoms with Gasteiger partial charge in [-0.3, -0.25) is 4.79 Å². The Kier molecular flexibility index (Phi) is 4.85. The first-order chi connectivity index (χ1) is 5.45. The van der Waals surface area contributed by atoms with E-state index in [0.29, 0.717) is 19.6 Å². The first-order valence-corrected chi connectivity index (χ1v) is 4.17. The number of hydrogen-bond acceptors (Lipinski definition) is 3. The summed E-state index contributed by atoms with van der Waals surface area (Å²) >= 11 is 0. The average Bonchev–Trinajstić information content (AvgIpc) is 1.84. The van der Waals surface area contributed by atoms with Crippen molar-refractivity contribution in [2.24, 2.45) is 5.73 Å². The molecule has 0 atom stereocenters. The van der Waals surface area contributed by atoms with E-state index in [2.05, 4.69) is 10.6 Å². The second-order valence-electron chi connectivity index (χ2n) is 3.76. The van der Waals surface area contributed by atoms with Gasteiger partial charge in [0.1, 0.15) is 0 Å². The Bertz CT molecular complexity index is 140. The largest absolute Gasteiger partial charge is 0.350 e. The van der Waals surface area contributed by atoms with Gasteiger partial charge in [0.15, 0.2) is 0 Å². The van der Waals surface area contributed by atoms with E-state index >= 15 is 0 Å². The van der Waals surface area contributed by atoms with Crippen molar-refractivity contribution in [1.29, 1.82) is 0 Å². The van der Waals surface area contributed by atoms with E-state index in [9.17, 15) is 4.79 Å². The highest BCUT2D eigenvalue weighted by Gasteiger charge is 2.12. The maximum absolute atomic E-state index is 11.1. The molecule has 4 N–H and O–H groups in total. The Morgan fingerprint density at radius 2 is 2.00 bits per heavy atom.